The Morgan fingerprint density at radius 2 is 1.96 bits per heavy atom. The Morgan fingerprint density at radius 3 is 2.61 bits per heavy atom. The van der Waals surface area contributed by atoms with Gasteiger partial charge < -0.3 is 16.0 Å². The highest BCUT2D eigenvalue weighted by molar-refractivity contribution is 5.90. The number of amides is 3. The first-order valence-corrected chi connectivity index (χ1v) is 8.29. The molecule has 2 aliphatic rings. The molecule has 6 heteroatoms. The first-order valence-electron chi connectivity index (χ1n) is 8.29. The summed E-state index contributed by atoms with van der Waals surface area (Å²) in [5.41, 5.74) is 1.35. The average Bonchev–Trinajstić information content (AvgIpc) is 3.01. The summed E-state index contributed by atoms with van der Waals surface area (Å²) in [6.45, 7) is 4.21. The second-order valence-corrected chi connectivity index (χ2v) is 6.36. The van der Waals surface area contributed by atoms with Crippen molar-refractivity contribution in [2.24, 2.45) is 5.92 Å². The van der Waals surface area contributed by atoms with Crippen LogP contribution in [-0.4, -0.2) is 49.1 Å². The van der Waals surface area contributed by atoms with Crippen molar-refractivity contribution >= 4 is 11.9 Å². The highest BCUT2D eigenvalue weighted by atomic mass is 16.2. The molecule has 0 unspecified atom stereocenters. The normalized spacial score (nSPS) is 22.4. The maximum atomic E-state index is 12.0. The van der Waals surface area contributed by atoms with Crippen molar-refractivity contribution in [3.05, 3.63) is 35.9 Å². The summed E-state index contributed by atoms with van der Waals surface area (Å²) in [6.07, 6.45) is 2.20. The summed E-state index contributed by atoms with van der Waals surface area (Å²) >= 11 is 0. The van der Waals surface area contributed by atoms with E-state index >= 15 is 0 Å². The molecule has 0 aromatic heterocycles. The number of rotatable bonds is 5. The van der Waals surface area contributed by atoms with Crippen LogP contribution in [0.4, 0.5) is 4.79 Å². The molecule has 1 aromatic carbocycles. The molecule has 23 heavy (non-hydrogen) atoms. The Kier molecular flexibility index (Phi) is 5.12. The maximum Gasteiger partial charge on any atom is 0.315 e. The summed E-state index contributed by atoms with van der Waals surface area (Å²) in [6, 6.07) is 9.83. The molecule has 2 saturated heterocycles. The van der Waals surface area contributed by atoms with Crippen LogP contribution in [0, 0.1) is 5.92 Å². The van der Waals surface area contributed by atoms with E-state index in [-0.39, 0.29) is 11.9 Å². The Balaban J connectivity index is 1.36. The Morgan fingerprint density at radius 1 is 1.22 bits per heavy atom. The zero-order chi connectivity index (χ0) is 16.1. The van der Waals surface area contributed by atoms with Crippen LogP contribution in [0.15, 0.2) is 30.3 Å². The largest absolute Gasteiger partial charge is 0.354 e. The first-order chi connectivity index (χ1) is 11.2. The lowest BCUT2D eigenvalue weighted by Gasteiger charge is -2.32. The van der Waals surface area contributed by atoms with Gasteiger partial charge in [-0.25, -0.2) is 4.79 Å². The van der Waals surface area contributed by atoms with Gasteiger partial charge in [-0.05, 0) is 37.4 Å². The second-order valence-electron chi connectivity index (χ2n) is 6.36. The highest BCUT2D eigenvalue weighted by Gasteiger charge is 2.27. The molecule has 3 amide bonds. The average molecular weight is 316 g/mol. The fraction of sp³-hybridized carbons (Fsp3) is 0.529. The van der Waals surface area contributed by atoms with Gasteiger partial charge in [-0.3, -0.25) is 9.69 Å². The van der Waals surface area contributed by atoms with E-state index in [1.165, 1.54) is 5.56 Å². The van der Waals surface area contributed by atoms with E-state index in [4.69, 9.17) is 0 Å². The fourth-order valence-corrected chi connectivity index (χ4v) is 3.17. The quantitative estimate of drug-likeness (QED) is 0.748. The van der Waals surface area contributed by atoms with Crippen molar-refractivity contribution in [3.63, 3.8) is 0 Å². The van der Waals surface area contributed by atoms with Crippen LogP contribution in [0.3, 0.4) is 0 Å². The van der Waals surface area contributed by atoms with Crippen LogP contribution in [0.2, 0.25) is 0 Å². The molecule has 2 heterocycles. The molecule has 124 valence electrons. The predicted molar refractivity (Wildman–Crippen MR) is 87.8 cm³/mol. The summed E-state index contributed by atoms with van der Waals surface area (Å²) in [5.74, 6) is 0.436. The molecule has 3 N–H and O–H groups in total. The third kappa shape index (κ3) is 4.45. The van der Waals surface area contributed by atoms with Crippen LogP contribution in [-0.2, 0) is 11.3 Å². The topological polar surface area (TPSA) is 73.5 Å². The van der Waals surface area contributed by atoms with Crippen molar-refractivity contribution < 1.29 is 9.59 Å². The number of hydrogen-bond donors (Lipinski definition) is 3. The van der Waals surface area contributed by atoms with Crippen LogP contribution >= 0.6 is 0 Å². The van der Waals surface area contributed by atoms with Gasteiger partial charge in [-0.15, -0.1) is 0 Å². The van der Waals surface area contributed by atoms with E-state index < -0.39 is 6.04 Å². The van der Waals surface area contributed by atoms with Gasteiger partial charge in [0.15, 0.2) is 0 Å². The minimum atomic E-state index is -0.430. The van der Waals surface area contributed by atoms with E-state index in [9.17, 15) is 9.59 Å². The molecule has 0 bridgehead atoms. The van der Waals surface area contributed by atoms with Crippen molar-refractivity contribution in [3.8, 4) is 0 Å². The number of benzene rings is 1. The van der Waals surface area contributed by atoms with Crippen molar-refractivity contribution in [2.45, 2.75) is 25.4 Å². The third-order valence-corrected chi connectivity index (χ3v) is 4.61. The molecule has 1 atom stereocenters. The molecule has 6 nitrogen and oxygen atoms in total. The van der Waals surface area contributed by atoms with E-state index in [1.54, 1.807) is 0 Å². The monoisotopic (exact) mass is 316 g/mol. The number of carbonyl (C=O) groups excluding carboxylic acids is 2. The molecule has 0 saturated carbocycles. The molecule has 3 rings (SSSR count). The number of urea groups is 1. The predicted octanol–water partition coefficient (Wildman–Crippen LogP) is 0.696. The number of nitrogens with zero attached hydrogens (tertiary/aromatic N) is 1. The van der Waals surface area contributed by atoms with Crippen LogP contribution in [0.25, 0.3) is 0 Å². The van der Waals surface area contributed by atoms with Gasteiger partial charge in [0, 0.05) is 19.6 Å². The summed E-state index contributed by atoms with van der Waals surface area (Å²) in [5, 5.41) is 8.17. The van der Waals surface area contributed by atoms with E-state index in [2.05, 4.69) is 45.1 Å². The van der Waals surface area contributed by atoms with Crippen molar-refractivity contribution in [1.29, 1.82) is 0 Å². The van der Waals surface area contributed by atoms with Gasteiger partial charge in [-0.1, -0.05) is 30.3 Å². The second kappa shape index (κ2) is 7.46. The van der Waals surface area contributed by atoms with Gasteiger partial charge in [-0.2, -0.15) is 0 Å². The van der Waals surface area contributed by atoms with Crippen LogP contribution in [0.5, 0.6) is 0 Å². The van der Waals surface area contributed by atoms with Crippen LogP contribution in [0.1, 0.15) is 18.4 Å². The summed E-state index contributed by atoms with van der Waals surface area (Å²) in [7, 11) is 0. The zero-order valence-corrected chi connectivity index (χ0v) is 13.3. The number of carbonyl (C=O) groups is 2. The molecule has 0 radical (unpaired) electrons. The number of likely N-dealkylation sites (tertiary alicyclic amines) is 1. The van der Waals surface area contributed by atoms with E-state index in [1.807, 2.05) is 6.07 Å². The molecular weight excluding hydrogens is 292 g/mol. The fourth-order valence-electron chi connectivity index (χ4n) is 3.17. The number of nitrogens with one attached hydrogen (secondary N) is 3. The zero-order valence-electron chi connectivity index (χ0n) is 13.3. The number of piperidine rings is 1. The van der Waals surface area contributed by atoms with Gasteiger partial charge in [0.25, 0.3) is 0 Å². The van der Waals surface area contributed by atoms with Gasteiger partial charge in [0.05, 0.1) is 0 Å². The highest BCUT2D eigenvalue weighted by Crippen LogP contribution is 2.18. The van der Waals surface area contributed by atoms with Crippen molar-refractivity contribution in [1.82, 2.24) is 20.9 Å². The van der Waals surface area contributed by atoms with E-state index in [0.717, 1.165) is 32.5 Å². The van der Waals surface area contributed by atoms with Gasteiger partial charge in [0.1, 0.15) is 6.04 Å². The van der Waals surface area contributed by atoms with Gasteiger partial charge in [0.2, 0.25) is 5.91 Å². The SMILES string of the molecule is O=C1NC[C@H](C(=O)NCC2CCN(Cc3ccccc3)CC2)N1. The minimum absolute atomic E-state index is 0.0879. The molecule has 0 spiro atoms. The van der Waals surface area contributed by atoms with Crippen molar-refractivity contribution in [2.75, 3.05) is 26.2 Å². The summed E-state index contributed by atoms with van der Waals surface area (Å²) in [4.78, 5) is 25.5. The summed E-state index contributed by atoms with van der Waals surface area (Å²) < 4.78 is 0. The molecule has 0 aliphatic carbocycles. The maximum absolute atomic E-state index is 12.0. The Bertz CT molecular complexity index is 541. The smallest absolute Gasteiger partial charge is 0.315 e. The molecule has 2 fully saturated rings. The van der Waals surface area contributed by atoms with Crippen LogP contribution < -0.4 is 16.0 Å². The first kappa shape index (κ1) is 15.8. The number of hydrogen-bond acceptors (Lipinski definition) is 3. The molecule has 2 aliphatic heterocycles. The Labute approximate surface area is 136 Å². The third-order valence-electron chi connectivity index (χ3n) is 4.61. The lowest BCUT2D eigenvalue weighted by Crippen LogP contribution is -2.45. The standard InChI is InChI=1S/C17H24N4O2/c22-16(15-11-19-17(23)20-15)18-10-13-6-8-21(9-7-13)12-14-4-2-1-3-5-14/h1-5,13,15H,6-12H2,(H,18,22)(H2,19,20,23)/t15-/m1/s1. The van der Waals surface area contributed by atoms with Gasteiger partial charge >= 0.3 is 6.03 Å². The lowest BCUT2D eigenvalue weighted by atomic mass is 9.96. The Hall–Kier alpha value is -2.08. The molecule has 1 aromatic rings. The molecular formula is C17H24N4O2. The lowest BCUT2D eigenvalue weighted by molar-refractivity contribution is -0.122. The minimum Gasteiger partial charge on any atom is -0.354 e. The van der Waals surface area contributed by atoms with E-state index in [0.29, 0.717) is 19.0 Å².